The van der Waals surface area contributed by atoms with Gasteiger partial charge in [-0.15, -0.1) is 0 Å². The zero-order valence-corrected chi connectivity index (χ0v) is 13.8. The van der Waals surface area contributed by atoms with Gasteiger partial charge in [-0.3, -0.25) is 19.7 Å². The third-order valence-electron chi connectivity index (χ3n) is 3.97. The molecule has 1 unspecified atom stereocenters. The van der Waals surface area contributed by atoms with E-state index in [4.69, 9.17) is 4.74 Å². The maximum Gasteiger partial charge on any atom is 0.269 e. The van der Waals surface area contributed by atoms with E-state index in [1.54, 1.807) is 24.3 Å². The van der Waals surface area contributed by atoms with Crippen LogP contribution >= 0.6 is 0 Å². The molecule has 2 amide bonds. The minimum Gasteiger partial charge on any atom is -0.368 e. The van der Waals surface area contributed by atoms with Gasteiger partial charge in [0.2, 0.25) is 0 Å². The van der Waals surface area contributed by atoms with Crippen molar-refractivity contribution in [3.8, 4) is 0 Å². The standard InChI is InChI=1S/C18H17N3O5/c22-17(12-3-9-15(10-4-12)21(24)25)19-13-5-7-14(8-6-13)20-18(23)16-2-1-11-26-16/h3-10,16H,1-2,11H2,(H,19,22)(H,20,23). The van der Waals surface area contributed by atoms with Crippen LogP contribution in [0, 0.1) is 10.1 Å². The number of nitro benzene ring substituents is 1. The Labute approximate surface area is 149 Å². The first-order valence-corrected chi connectivity index (χ1v) is 8.11. The third-order valence-corrected chi connectivity index (χ3v) is 3.97. The quantitative estimate of drug-likeness (QED) is 0.633. The van der Waals surface area contributed by atoms with Gasteiger partial charge in [0.25, 0.3) is 17.5 Å². The number of ether oxygens (including phenoxy) is 1. The number of carbonyl (C=O) groups excluding carboxylic acids is 2. The van der Waals surface area contributed by atoms with Gasteiger partial charge in [0.05, 0.1) is 4.92 Å². The van der Waals surface area contributed by atoms with E-state index >= 15 is 0 Å². The van der Waals surface area contributed by atoms with Crippen molar-refractivity contribution in [3.05, 3.63) is 64.2 Å². The van der Waals surface area contributed by atoms with Crippen molar-refractivity contribution < 1.29 is 19.2 Å². The van der Waals surface area contributed by atoms with Crippen molar-refractivity contribution in [2.75, 3.05) is 17.2 Å². The molecular weight excluding hydrogens is 338 g/mol. The van der Waals surface area contributed by atoms with Crippen LogP contribution in [0.25, 0.3) is 0 Å². The van der Waals surface area contributed by atoms with Gasteiger partial charge in [-0.05, 0) is 49.2 Å². The Morgan fingerprint density at radius 3 is 2.15 bits per heavy atom. The van der Waals surface area contributed by atoms with Gasteiger partial charge in [0, 0.05) is 35.7 Å². The van der Waals surface area contributed by atoms with E-state index in [0.29, 0.717) is 23.5 Å². The van der Waals surface area contributed by atoms with Crippen molar-refractivity contribution in [1.29, 1.82) is 0 Å². The van der Waals surface area contributed by atoms with Gasteiger partial charge in [-0.25, -0.2) is 0 Å². The molecule has 1 saturated heterocycles. The number of rotatable bonds is 5. The average molecular weight is 355 g/mol. The molecule has 2 aromatic rings. The Kier molecular flexibility index (Phi) is 5.23. The summed E-state index contributed by atoms with van der Waals surface area (Å²) in [6, 6.07) is 12.0. The van der Waals surface area contributed by atoms with E-state index in [-0.39, 0.29) is 17.5 Å². The molecule has 0 bridgehead atoms. The van der Waals surface area contributed by atoms with Gasteiger partial charge in [-0.1, -0.05) is 0 Å². The first-order valence-electron chi connectivity index (χ1n) is 8.11. The maximum atomic E-state index is 12.2. The summed E-state index contributed by atoms with van der Waals surface area (Å²) in [5, 5.41) is 16.1. The molecule has 0 spiro atoms. The number of nitro groups is 1. The minimum absolute atomic E-state index is 0.0760. The third kappa shape index (κ3) is 4.22. The number of nitrogens with one attached hydrogen (secondary N) is 2. The topological polar surface area (TPSA) is 111 Å². The van der Waals surface area contributed by atoms with E-state index in [9.17, 15) is 19.7 Å². The molecule has 2 aromatic carbocycles. The second-order valence-electron chi connectivity index (χ2n) is 5.83. The molecule has 3 rings (SSSR count). The fourth-order valence-corrected chi connectivity index (χ4v) is 2.58. The Morgan fingerprint density at radius 2 is 1.62 bits per heavy atom. The number of hydrogen-bond donors (Lipinski definition) is 2. The lowest BCUT2D eigenvalue weighted by atomic mass is 10.2. The number of non-ortho nitro benzene ring substituents is 1. The fourth-order valence-electron chi connectivity index (χ4n) is 2.58. The van der Waals surface area contributed by atoms with E-state index in [2.05, 4.69) is 10.6 Å². The van der Waals surface area contributed by atoms with E-state index < -0.39 is 11.0 Å². The number of nitrogens with zero attached hydrogens (tertiary/aromatic N) is 1. The number of benzene rings is 2. The smallest absolute Gasteiger partial charge is 0.269 e. The van der Waals surface area contributed by atoms with E-state index in [1.807, 2.05) is 0 Å². The van der Waals surface area contributed by atoms with Gasteiger partial charge in [0.1, 0.15) is 6.10 Å². The van der Waals surface area contributed by atoms with Gasteiger partial charge >= 0.3 is 0 Å². The first-order chi connectivity index (χ1) is 12.5. The Balaban J connectivity index is 1.58. The van der Waals surface area contributed by atoms with Crippen LogP contribution < -0.4 is 10.6 Å². The maximum absolute atomic E-state index is 12.2. The molecule has 1 atom stereocenters. The molecule has 0 saturated carbocycles. The lowest BCUT2D eigenvalue weighted by molar-refractivity contribution is -0.384. The normalized spacial score (nSPS) is 16.1. The van der Waals surface area contributed by atoms with Crippen LogP contribution in [0.3, 0.4) is 0 Å². The van der Waals surface area contributed by atoms with Crippen LogP contribution in [-0.4, -0.2) is 29.4 Å². The van der Waals surface area contributed by atoms with Crippen molar-refractivity contribution >= 4 is 28.9 Å². The molecule has 1 aliphatic heterocycles. The molecular formula is C18H17N3O5. The van der Waals surface area contributed by atoms with E-state index in [0.717, 1.165) is 12.8 Å². The van der Waals surface area contributed by atoms with Gasteiger partial charge in [-0.2, -0.15) is 0 Å². The molecule has 26 heavy (non-hydrogen) atoms. The summed E-state index contributed by atoms with van der Waals surface area (Å²) >= 11 is 0. The monoisotopic (exact) mass is 355 g/mol. The highest BCUT2D eigenvalue weighted by atomic mass is 16.6. The lowest BCUT2D eigenvalue weighted by Crippen LogP contribution is -2.26. The number of hydrogen-bond acceptors (Lipinski definition) is 5. The highest BCUT2D eigenvalue weighted by molar-refractivity contribution is 6.04. The molecule has 1 fully saturated rings. The minimum atomic E-state index is -0.523. The lowest BCUT2D eigenvalue weighted by Gasteiger charge is -2.11. The second kappa shape index (κ2) is 7.75. The van der Waals surface area contributed by atoms with Crippen LogP contribution in [0.2, 0.25) is 0 Å². The van der Waals surface area contributed by atoms with Crippen molar-refractivity contribution in [2.45, 2.75) is 18.9 Å². The molecule has 8 heteroatoms. The number of anilines is 2. The van der Waals surface area contributed by atoms with Crippen LogP contribution in [0.5, 0.6) is 0 Å². The highest BCUT2D eigenvalue weighted by Crippen LogP contribution is 2.18. The van der Waals surface area contributed by atoms with Gasteiger partial charge in [0.15, 0.2) is 0 Å². The van der Waals surface area contributed by atoms with Crippen molar-refractivity contribution in [1.82, 2.24) is 0 Å². The predicted octanol–water partition coefficient (Wildman–Crippen LogP) is 2.96. The Hall–Kier alpha value is -3.26. The Morgan fingerprint density at radius 1 is 1.00 bits per heavy atom. The molecule has 8 nitrogen and oxygen atoms in total. The summed E-state index contributed by atoms with van der Waals surface area (Å²) < 4.78 is 5.32. The summed E-state index contributed by atoms with van der Waals surface area (Å²) in [5.74, 6) is -0.554. The highest BCUT2D eigenvalue weighted by Gasteiger charge is 2.23. The fraction of sp³-hybridized carbons (Fsp3) is 0.222. The average Bonchev–Trinajstić information content (AvgIpc) is 3.18. The zero-order valence-electron chi connectivity index (χ0n) is 13.8. The number of amides is 2. The summed E-state index contributed by atoms with van der Waals surface area (Å²) in [7, 11) is 0. The largest absolute Gasteiger partial charge is 0.368 e. The van der Waals surface area contributed by atoms with Crippen LogP contribution in [-0.2, 0) is 9.53 Å². The first kappa shape index (κ1) is 17.6. The van der Waals surface area contributed by atoms with E-state index in [1.165, 1.54) is 24.3 Å². The SMILES string of the molecule is O=C(Nc1ccc(NC(=O)C2CCCO2)cc1)c1ccc([N+](=O)[O-])cc1. The van der Waals surface area contributed by atoms with Crippen LogP contribution in [0.1, 0.15) is 23.2 Å². The number of carbonyl (C=O) groups is 2. The molecule has 1 aliphatic rings. The van der Waals surface area contributed by atoms with Crippen molar-refractivity contribution in [3.63, 3.8) is 0 Å². The summed E-state index contributed by atoms with van der Waals surface area (Å²) in [4.78, 5) is 34.3. The molecule has 0 aliphatic carbocycles. The molecule has 2 N–H and O–H groups in total. The van der Waals surface area contributed by atoms with Crippen molar-refractivity contribution in [2.24, 2.45) is 0 Å². The predicted molar refractivity (Wildman–Crippen MR) is 95.1 cm³/mol. The molecule has 0 aromatic heterocycles. The zero-order chi connectivity index (χ0) is 18.5. The summed E-state index contributed by atoms with van der Waals surface area (Å²) in [6.45, 7) is 0.603. The summed E-state index contributed by atoms with van der Waals surface area (Å²) in [5.41, 5.74) is 1.39. The van der Waals surface area contributed by atoms with Gasteiger partial charge < -0.3 is 15.4 Å². The molecule has 0 radical (unpaired) electrons. The summed E-state index contributed by atoms with van der Waals surface area (Å²) in [6.07, 6.45) is 1.19. The Bertz CT molecular complexity index is 812. The molecule has 134 valence electrons. The molecule has 1 heterocycles. The van der Waals surface area contributed by atoms with Crippen LogP contribution in [0.15, 0.2) is 48.5 Å². The van der Waals surface area contributed by atoms with Crippen LogP contribution in [0.4, 0.5) is 17.1 Å². The second-order valence-corrected chi connectivity index (χ2v) is 5.83.